The van der Waals surface area contributed by atoms with Gasteiger partial charge in [-0.2, -0.15) is 0 Å². The minimum absolute atomic E-state index is 0.0524. The van der Waals surface area contributed by atoms with Gasteiger partial charge in [-0.1, -0.05) is 12.1 Å². The first-order chi connectivity index (χ1) is 14.3. The number of nitrogens with one attached hydrogen (secondary N) is 1. The topological polar surface area (TPSA) is 97.3 Å². The minimum Gasteiger partial charge on any atom is -0.306 e. The second-order valence-electron chi connectivity index (χ2n) is 6.75. The zero-order chi connectivity index (χ0) is 21.6. The fourth-order valence-electron chi connectivity index (χ4n) is 3.32. The number of benzene rings is 1. The highest BCUT2D eigenvalue weighted by Crippen LogP contribution is 2.21. The van der Waals surface area contributed by atoms with Crippen molar-refractivity contribution in [3.8, 4) is 0 Å². The third-order valence-electron chi connectivity index (χ3n) is 4.82. The standard InChI is InChI=1S/C21H17FN4O3S/c1-3-10-25-18(23)17(30(28,29)15-8-6-14(22)7-9-15)12-16-20(25)24-19-13(2)5-4-11-26(19)21(16)27/h3-9,11-12,23H,1,10H2,2H3. The molecule has 0 spiro atoms. The van der Waals surface area contributed by atoms with Crippen LogP contribution < -0.4 is 11.0 Å². The number of aromatic nitrogens is 3. The molecule has 0 saturated carbocycles. The average molecular weight is 424 g/mol. The highest BCUT2D eigenvalue weighted by atomic mass is 32.2. The van der Waals surface area contributed by atoms with E-state index in [2.05, 4.69) is 11.6 Å². The summed E-state index contributed by atoms with van der Waals surface area (Å²) in [6, 6.07) is 8.98. The number of halogens is 1. The summed E-state index contributed by atoms with van der Waals surface area (Å²) in [5, 5.41) is 8.58. The average Bonchev–Trinajstić information content (AvgIpc) is 2.71. The Kier molecular flexibility index (Phi) is 4.62. The predicted octanol–water partition coefficient (Wildman–Crippen LogP) is 2.59. The summed E-state index contributed by atoms with van der Waals surface area (Å²) < 4.78 is 42.3. The minimum atomic E-state index is -4.18. The largest absolute Gasteiger partial charge is 0.306 e. The Balaban J connectivity index is 2.16. The second-order valence-corrected chi connectivity index (χ2v) is 8.67. The summed E-state index contributed by atoms with van der Waals surface area (Å²) in [7, 11) is -4.18. The van der Waals surface area contributed by atoms with Crippen LogP contribution in [0.5, 0.6) is 0 Å². The van der Waals surface area contributed by atoms with E-state index in [1.165, 1.54) is 21.1 Å². The second kappa shape index (κ2) is 7.03. The number of hydrogen-bond acceptors (Lipinski definition) is 5. The van der Waals surface area contributed by atoms with Crippen LogP contribution >= 0.6 is 0 Å². The van der Waals surface area contributed by atoms with Gasteiger partial charge in [-0.3, -0.25) is 14.6 Å². The number of rotatable bonds is 4. The zero-order valence-electron chi connectivity index (χ0n) is 16.0. The maximum atomic E-state index is 13.3. The predicted molar refractivity (Wildman–Crippen MR) is 110 cm³/mol. The van der Waals surface area contributed by atoms with E-state index in [4.69, 9.17) is 5.41 Å². The molecule has 0 aliphatic heterocycles. The molecular formula is C21H17FN4O3S. The van der Waals surface area contributed by atoms with Crippen molar-refractivity contribution in [3.05, 3.63) is 88.5 Å². The van der Waals surface area contributed by atoms with Crippen LogP contribution in [0, 0.1) is 18.2 Å². The van der Waals surface area contributed by atoms with Gasteiger partial charge in [-0.05, 0) is 48.9 Å². The highest BCUT2D eigenvalue weighted by Gasteiger charge is 2.24. The van der Waals surface area contributed by atoms with E-state index in [1.54, 1.807) is 25.3 Å². The van der Waals surface area contributed by atoms with Gasteiger partial charge in [0.2, 0.25) is 9.84 Å². The van der Waals surface area contributed by atoms with Gasteiger partial charge in [0.1, 0.15) is 27.5 Å². The molecule has 1 aromatic carbocycles. The molecule has 152 valence electrons. The van der Waals surface area contributed by atoms with Gasteiger partial charge in [0.25, 0.3) is 5.56 Å². The van der Waals surface area contributed by atoms with Gasteiger partial charge in [-0.15, -0.1) is 6.58 Å². The van der Waals surface area contributed by atoms with Crippen molar-refractivity contribution in [2.75, 3.05) is 0 Å². The molecule has 0 atom stereocenters. The highest BCUT2D eigenvalue weighted by molar-refractivity contribution is 7.91. The van der Waals surface area contributed by atoms with Crippen molar-refractivity contribution < 1.29 is 12.8 Å². The van der Waals surface area contributed by atoms with Gasteiger partial charge in [0.15, 0.2) is 0 Å². The molecular weight excluding hydrogens is 407 g/mol. The van der Waals surface area contributed by atoms with E-state index in [-0.39, 0.29) is 32.9 Å². The van der Waals surface area contributed by atoms with Crippen LogP contribution in [0.25, 0.3) is 16.7 Å². The van der Waals surface area contributed by atoms with Crippen LogP contribution in [0.3, 0.4) is 0 Å². The van der Waals surface area contributed by atoms with E-state index in [9.17, 15) is 17.6 Å². The fraction of sp³-hybridized carbons (Fsp3) is 0.0952. The molecule has 9 heteroatoms. The molecule has 0 bridgehead atoms. The Morgan fingerprint density at radius 1 is 1.20 bits per heavy atom. The lowest BCUT2D eigenvalue weighted by Crippen LogP contribution is -2.29. The fourth-order valence-corrected chi connectivity index (χ4v) is 4.71. The summed E-state index contributed by atoms with van der Waals surface area (Å²) in [6.07, 6.45) is 3.05. The SMILES string of the molecule is C=CCn1c(=N)c(S(=O)(=O)c2ccc(F)cc2)cc2c(=O)n3cccc(C)c3nc21. The van der Waals surface area contributed by atoms with Crippen LogP contribution in [0.2, 0.25) is 0 Å². The van der Waals surface area contributed by atoms with Gasteiger partial charge in [-0.25, -0.2) is 17.8 Å². The molecule has 1 N–H and O–H groups in total. The maximum absolute atomic E-state index is 13.3. The van der Waals surface area contributed by atoms with E-state index < -0.39 is 21.2 Å². The van der Waals surface area contributed by atoms with Crippen LogP contribution in [-0.4, -0.2) is 22.4 Å². The molecule has 0 unspecified atom stereocenters. The van der Waals surface area contributed by atoms with Crippen molar-refractivity contribution in [1.29, 1.82) is 5.41 Å². The molecule has 3 aromatic heterocycles. The molecule has 0 saturated heterocycles. The first-order valence-electron chi connectivity index (χ1n) is 8.97. The van der Waals surface area contributed by atoms with Crippen LogP contribution in [0.1, 0.15) is 5.56 Å². The van der Waals surface area contributed by atoms with Gasteiger partial charge >= 0.3 is 0 Å². The number of fused-ring (bicyclic) bond motifs is 2. The number of nitrogens with zero attached hydrogens (tertiary/aromatic N) is 3. The molecule has 0 fully saturated rings. The van der Waals surface area contributed by atoms with E-state index in [0.717, 1.165) is 29.8 Å². The first kappa shape index (κ1) is 19.7. The van der Waals surface area contributed by atoms with Gasteiger partial charge in [0, 0.05) is 12.7 Å². The summed E-state index contributed by atoms with van der Waals surface area (Å²) in [4.78, 5) is 17.1. The molecule has 3 heterocycles. The molecule has 7 nitrogen and oxygen atoms in total. The Labute approximate surface area is 170 Å². The number of aryl methyl sites for hydroxylation is 1. The number of pyridine rings is 2. The molecule has 0 radical (unpaired) electrons. The number of allylic oxidation sites excluding steroid dienone is 1. The van der Waals surface area contributed by atoms with Crippen molar-refractivity contribution in [2.45, 2.75) is 23.3 Å². The summed E-state index contributed by atoms with van der Waals surface area (Å²) in [5.74, 6) is -0.579. The monoisotopic (exact) mass is 424 g/mol. The third kappa shape index (κ3) is 2.94. The van der Waals surface area contributed by atoms with Crippen LogP contribution in [0.4, 0.5) is 4.39 Å². The number of hydrogen-bond donors (Lipinski definition) is 1. The van der Waals surface area contributed by atoms with E-state index >= 15 is 0 Å². The normalized spacial score (nSPS) is 11.8. The smallest absolute Gasteiger partial charge is 0.267 e. The van der Waals surface area contributed by atoms with Crippen LogP contribution in [0.15, 0.2) is 75.9 Å². The van der Waals surface area contributed by atoms with Gasteiger partial charge in [0.05, 0.1) is 10.3 Å². The Hall–Kier alpha value is -3.59. The van der Waals surface area contributed by atoms with E-state index in [0.29, 0.717) is 5.65 Å². The lowest BCUT2D eigenvalue weighted by molar-refractivity contribution is 0.590. The molecule has 0 aliphatic carbocycles. The molecule has 4 aromatic rings. The van der Waals surface area contributed by atoms with Crippen LogP contribution in [-0.2, 0) is 16.4 Å². The van der Waals surface area contributed by atoms with Crippen molar-refractivity contribution >= 4 is 26.5 Å². The van der Waals surface area contributed by atoms with Crippen molar-refractivity contribution in [1.82, 2.24) is 14.0 Å². The van der Waals surface area contributed by atoms with Gasteiger partial charge < -0.3 is 4.57 Å². The summed E-state index contributed by atoms with van der Waals surface area (Å²) >= 11 is 0. The molecule has 0 amide bonds. The quantitative estimate of drug-likeness (QED) is 0.309. The maximum Gasteiger partial charge on any atom is 0.267 e. The lowest BCUT2D eigenvalue weighted by atomic mass is 10.2. The molecule has 0 aliphatic rings. The number of sulfone groups is 1. The summed E-state index contributed by atoms with van der Waals surface area (Å²) in [6.45, 7) is 5.55. The Morgan fingerprint density at radius 3 is 2.57 bits per heavy atom. The zero-order valence-corrected chi connectivity index (χ0v) is 16.8. The molecule has 30 heavy (non-hydrogen) atoms. The molecule has 4 rings (SSSR count). The summed E-state index contributed by atoms with van der Waals surface area (Å²) in [5.41, 5.74) is 0.582. The van der Waals surface area contributed by atoms with Crippen molar-refractivity contribution in [3.63, 3.8) is 0 Å². The van der Waals surface area contributed by atoms with E-state index in [1.807, 2.05) is 0 Å². The first-order valence-corrected chi connectivity index (χ1v) is 10.5. The Morgan fingerprint density at radius 2 is 1.90 bits per heavy atom. The lowest BCUT2D eigenvalue weighted by Gasteiger charge is -2.14. The van der Waals surface area contributed by atoms with Crippen molar-refractivity contribution in [2.24, 2.45) is 0 Å². The Bertz CT molecular complexity index is 1550. The third-order valence-corrected chi connectivity index (χ3v) is 6.61.